The number of hydrogen-bond acceptors (Lipinski definition) is 6. The number of anilines is 1. The molecule has 1 aliphatic rings. The van der Waals surface area contributed by atoms with Crippen molar-refractivity contribution in [2.75, 3.05) is 18.4 Å². The molecule has 2 amide bonds. The van der Waals surface area contributed by atoms with Gasteiger partial charge in [-0.3, -0.25) is 9.59 Å². The molecule has 0 atom stereocenters. The van der Waals surface area contributed by atoms with Crippen molar-refractivity contribution in [1.82, 2.24) is 24.9 Å². The highest BCUT2D eigenvalue weighted by atomic mass is 79.9. The van der Waals surface area contributed by atoms with Crippen LogP contribution in [0, 0.1) is 5.92 Å². The lowest BCUT2D eigenvalue weighted by Gasteiger charge is -2.31. The number of aromatic nitrogens is 4. The zero-order valence-corrected chi connectivity index (χ0v) is 17.2. The maximum atomic E-state index is 12.8. The van der Waals surface area contributed by atoms with E-state index in [9.17, 15) is 9.59 Å². The number of halogens is 1. The van der Waals surface area contributed by atoms with Crippen LogP contribution < -0.4 is 5.32 Å². The van der Waals surface area contributed by atoms with Crippen LogP contribution in [0.3, 0.4) is 0 Å². The normalized spacial score (nSPS) is 14.8. The average molecular weight is 461 g/mol. The summed E-state index contributed by atoms with van der Waals surface area (Å²) in [6, 6.07) is 7.35. The Morgan fingerprint density at radius 1 is 1.18 bits per heavy atom. The van der Waals surface area contributed by atoms with Gasteiger partial charge in [-0.15, -0.1) is 10.2 Å². The summed E-state index contributed by atoms with van der Waals surface area (Å²) in [5, 5.41) is 15.1. The molecule has 0 unspecified atom stereocenters. The van der Waals surface area contributed by atoms with E-state index in [0.29, 0.717) is 36.6 Å². The first kappa shape index (κ1) is 18.8. The van der Waals surface area contributed by atoms with Gasteiger partial charge in [0.1, 0.15) is 5.51 Å². The molecule has 0 radical (unpaired) electrons. The van der Waals surface area contributed by atoms with E-state index in [0.717, 1.165) is 10.2 Å². The van der Waals surface area contributed by atoms with Crippen LogP contribution in [-0.2, 0) is 4.79 Å². The molecule has 3 heterocycles. The number of nitrogens with one attached hydrogen (secondary N) is 1. The molecular formula is C18H17BrN6O2S. The number of benzene rings is 1. The average Bonchev–Trinajstić information content (AvgIpc) is 3.39. The fraction of sp³-hybridized carbons (Fsp3) is 0.278. The lowest BCUT2D eigenvalue weighted by Crippen LogP contribution is -2.41. The minimum absolute atomic E-state index is 0.0174. The van der Waals surface area contributed by atoms with Crippen molar-refractivity contribution < 1.29 is 9.59 Å². The van der Waals surface area contributed by atoms with Crippen molar-refractivity contribution in [1.29, 1.82) is 0 Å². The lowest BCUT2D eigenvalue weighted by molar-refractivity contribution is -0.121. The number of carbonyl (C=O) groups is 2. The topological polar surface area (TPSA) is 93.0 Å². The van der Waals surface area contributed by atoms with Gasteiger partial charge in [0.05, 0.1) is 16.4 Å². The van der Waals surface area contributed by atoms with Crippen LogP contribution in [0.2, 0.25) is 0 Å². The molecule has 1 saturated heterocycles. The van der Waals surface area contributed by atoms with Crippen LogP contribution in [0.15, 0.2) is 46.6 Å². The maximum Gasteiger partial charge on any atom is 0.253 e. The van der Waals surface area contributed by atoms with Gasteiger partial charge in [-0.1, -0.05) is 11.3 Å². The van der Waals surface area contributed by atoms with Crippen LogP contribution in [0.1, 0.15) is 23.2 Å². The third-order valence-electron chi connectivity index (χ3n) is 4.67. The molecule has 8 nitrogen and oxygen atoms in total. The first-order valence-electron chi connectivity index (χ1n) is 8.77. The molecule has 1 aliphatic heterocycles. The molecule has 1 fully saturated rings. The molecule has 0 bridgehead atoms. The van der Waals surface area contributed by atoms with Crippen LogP contribution >= 0.6 is 27.3 Å². The summed E-state index contributed by atoms with van der Waals surface area (Å²) in [6.07, 6.45) is 4.84. The first-order valence-corrected chi connectivity index (χ1v) is 10.4. The van der Waals surface area contributed by atoms with Crippen LogP contribution in [0.5, 0.6) is 0 Å². The fourth-order valence-electron chi connectivity index (χ4n) is 3.16. The van der Waals surface area contributed by atoms with Gasteiger partial charge in [-0.25, -0.2) is 4.68 Å². The highest BCUT2D eigenvalue weighted by Crippen LogP contribution is 2.22. The summed E-state index contributed by atoms with van der Waals surface area (Å²) < 4.78 is 2.63. The van der Waals surface area contributed by atoms with E-state index in [1.807, 2.05) is 30.5 Å². The zero-order chi connectivity index (χ0) is 19.5. The Balaban J connectivity index is 1.34. The Hall–Kier alpha value is -2.59. The van der Waals surface area contributed by atoms with E-state index in [-0.39, 0.29) is 17.7 Å². The number of likely N-dealkylation sites (tertiary alicyclic amines) is 1. The molecular weight excluding hydrogens is 444 g/mol. The van der Waals surface area contributed by atoms with Crippen LogP contribution in [0.25, 0.3) is 5.69 Å². The third kappa shape index (κ3) is 4.12. The second kappa shape index (κ2) is 8.19. The summed E-state index contributed by atoms with van der Waals surface area (Å²) in [5.41, 5.74) is 3.09. The fourth-order valence-corrected chi connectivity index (χ4v) is 3.89. The molecule has 2 aromatic heterocycles. The molecule has 3 aromatic rings. The van der Waals surface area contributed by atoms with Gasteiger partial charge in [-0.05, 0) is 53.0 Å². The number of carbonyl (C=O) groups excluding carboxylic acids is 2. The second-order valence-electron chi connectivity index (χ2n) is 6.45. The molecule has 4 rings (SSSR count). The summed E-state index contributed by atoms with van der Waals surface area (Å²) in [4.78, 5) is 26.9. The largest absolute Gasteiger partial charge is 0.339 e. The third-order valence-corrected chi connectivity index (χ3v) is 5.69. The minimum Gasteiger partial charge on any atom is -0.339 e. The van der Waals surface area contributed by atoms with Crippen molar-refractivity contribution in [2.24, 2.45) is 5.92 Å². The van der Waals surface area contributed by atoms with Crippen LogP contribution in [-0.4, -0.2) is 49.8 Å². The summed E-state index contributed by atoms with van der Waals surface area (Å²) in [6.45, 7) is 1.11. The van der Waals surface area contributed by atoms with Gasteiger partial charge in [0, 0.05) is 30.8 Å². The Labute approximate surface area is 173 Å². The molecule has 10 heteroatoms. The van der Waals surface area contributed by atoms with Gasteiger partial charge >= 0.3 is 0 Å². The Bertz CT molecular complexity index is 964. The molecule has 1 N–H and O–H groups in total. The predicted octanol–water partition coefficient (Wildman–Crippen LogP) is 2.98. The second-order valence-corrected chi connectivity index (χ2v) is 8.20. The quantitative estimate of drug-likeness (QED) is 0.645. The van der Waals surface area contributed by atoms with Gasteiger partial charge < -0.3 is 10.2 Å². The standard InChI is InChI=1S/C18H17BrN6O2S/c19-14-9-21-25(10-14)15-3-1-13(2-4-15)17(27)24-7-5-12(6-8-24)16(26)22-18-23-20-11-28-18/h1-4,9-12H,5-8H2,(H,22,23,26). The van der Waals surface area contributed by atoms with E-state index >= 15 is 0 Å². The zero-order valence-electron chi connectivity index (χ0n) is 14.8. The molecule has 144 valence electrons. The number of nitrogens with zero attached hydrogens (tertiary/aromatic N) is 5. The summed E-state index contributed by atoms with van der Waals surface area (Å²) in [5.74, 6) is -0.191. The summed E-state index contributed by atoms with van der Waals surface area (Å²) in [7, 11) is 0. The Morgan fingerprint density at radius 3 is 2.54 bits per heavy atom. The molecule has 0 spiro atoms. The van der Waals surface area contributed by atoms with Crippen molar-refractivity contribution in [3.8, 4) is 5.69 Å². The van der Waals surface area contributed by atoms with Gasteiger partial charge in [0.2, 0.25) is 11.0 Å². The van der Waals surface area contributed by atoms with Crippen molar-refractivity contribution in [3.63, 3.8) is 0 Å². The molecule has 28 heavy (non-hydrogen) atoms. The van der Waals surface area contributed by atoms with Crippen molar-refractivity contribution >= 4 is 44.2 Å². The summed E-state index contributed by atoms with van der Waals surface area (Å²) >= 11 is 4.66. The monoisotopic (exact) mass is 460 g/mol. The van der Waals surface area contributed by atoms with E-state index in [2.05, 4.69) is 36.5 Å². The smallest absolute Gasteiger partial charge is 0.253 e. The minimum atomic E-state index is -0.117. The van der Waals surface area contributed by atoms with Crippen molar-refractivity contribution in [2.45, 2.75) is 12.8 Å². The maximum absolute atomic E-state index is 12.8. The van der Waals surface area contributed by atoms with Gasteiger partial charge in [0.25, 0.3) is 5.91 Å². The van der Waals surface area contributed by atoms with E-state index in [4.69, 9.17) is 0 Å². The van der Waals surface area contributed by atoms with E-state index in [1.165, 1.54) is 11.3 Å². The Morgan fingerprint density at radius 2 is 1.93 bits per heavy atom. The van der Waals surface area contributed by atoms with E-state index in [1.54, 1.807) is 21.3 Å². The molecule has 1 aromatic carbocycles. The number of amides is 2. The molecule has 0 saturated carbocycles. The molecule has 0 aliphatic carbocycles. The highest BCUT2D eigenvalue weighted by molar-refractivity contribution is 9.10. The van der Waals surface area contributed by atoms with Crippen molar-refractivity contribution in [3.05, 3.63) is 52.2 Å². The van der Waals surface area contributed by atoms with E-state index < -0.39 is 0 Å². The number of hydrogen-bond donors (Lipinski definition) is 1. The predicted molar refractivity (Wildman–Crippen MR) is 108 cm³/mol. The number of piperidine rings is 1. The van der Waals surface area contributed by atoms with Crippen LogP contribution in [0.4, 0.5) is 5.13 Å². The van der Waals surface area contributed by atoms with Gasteiger partial charge in [-0.2, -0.15) is 5.10 Å². The SMILES string of the molecule is O=C(Nc1nncs1)C1CCN(C(=O)c2ccc(-n3cc(Br)cn3)cc2)CC1. The number of rotatable bonds is 4. The van der Waals surface area contributed by atoms with Gasteiger partial charge in [0.15, 0.2) is 0 Å². The highest BCUT2D eigenvalue weighted by Gasteiger charge is 2.28. The first-order chi connectivity index (χ1) is 13.6. The lowest BCUT2D eigenvalue weighted by atomic mass is 9.95. The Kier molecular flexibility index (Phi) is 5.49.